The fourth-order valence-corrected chi connectivity index (χ4v) is 7.85. The largest absolute Gasteiger partial charge is 0.766 e. The Labute approximate surface area is 275 Å². The van der Waals surface area contributed by atoms with E-state index in [1.165, 1.54) is 82.4 Å². The molecule has 5 atom stereocenters. The molecule has 3 saturated heterocycles. The van der Waals surface area contributed by atoms with E-state index in [-0.39, 0.29) is 32.1 Å². The first-order valence-corrected chi connectivity index (χ1v) is 18.6. The molecule has 0 amide bonds. The lowest BCUT2D eigenvalue weighted by atomic mass is 9.95. The molecule has 0 radical (unpaired) electrons. The van der Waals surface area contributed by atoms with E-state index in [9.17, 15) is 24.5 Å². The van der Waals surface area contributed by atoms with Crippen molar-refractivity contribution in [3.05, 3.63) is 22.7 Å². The summed E-state index contributed by atoms with van der Waals surface area (Å²) >= 11 is 0. The Morgan fingerprint density at radius 2 is 1.62 bits per heavy atom. The number of hydrogen-bond donors (Lipinski definition) is 4. The second kappa shape index (κ2) is 17.6. The van der Waals surface area contributed by atoms with Crippen LogP contribution in [0.15, 0.2) is 22.1 Å². The zero-order valence-corrected chi connectivity index (χ0v) is 28.0. The van der Waals surface area contributed by atoms with Gasteiger partial charge in [0.05, 0.1) is 45.1 Å². The minimum absolute atomic E-state index is 0.00280. The van der Waals surface area contributed by atoms with Gasteiger partial charge in [0.15, 0.2) is 6.23 Å². The average Bonchev–Trinajstić information content (AvgIpc) is 3.38. The summed E-state index contributed by atoms with van der Waals surface area (Å²) in [6, 6.07) is 2.68. The topological polar surface area (TPSA) is 214 Å². The Hall–Kier alpha value is -1.98. The molecule has 2 aliphatic carbocycles. The molecular weight excluding hydrogens is 633 g/mol. The van der Waals surface area contributed by atoms with E-state index in [4.69, 9.17) is 29.5 Å². The van der Waals surface area contributed by atoms with E-state index in [1.54, 1.807) is 0 Å². The Morgan fingerprint density at radius 3 is 2.26 bits per heavy atom. The van der Waals surface area contributed by atoms with Gasteiger partial charge in [-0.2, -0.15) is 4.98 Å². The zero-order chi connectivity index (χ0) is 33.2. The minimum Gasteiger partial charge on any atom is -0.766 e. The normalized spacial score (nSPS) is 30.0. The molecule has 6 N–H and O–H groups in total. The van der Waals surface area contributed by atoms with Crippen LogP contribution in [0, 0.1) is 0 Å². The maximum Gasteiger partial charge on any atom is 0.351 e. The molecular formula is C30H52N7O9P. The van der Waals surface area contributed by atoms with Crippen molar-refractivity contribution in [1.29, 1.82) is 0 Å². The number of anilines is 1. The maximum atomic E-state index is 12.2. The third-order valence-electron chi connectivity index (χ3n) is 9.46. The predicted octanol–water partition coefficient (Wildman–Crippen LogP) is -0.835. The Bertz CT molecular complexity index is 1250. The van der Waals surface area contributed by atoms with E-state index in [0.717, 1.165) is 41.6 Å². The van der Waals surface area contributed by atoms with Crippen LogP contribution in [-0.2, 0) is 23.3 Å². The molecule has 4 heterocycles. The molecule has 2 saturated carbocycles. The first-order chi connectivity index (χ1) is 22.7. The van der Waals surface area contributed by atoms with Crippen molar-refractivity contribution in [3.8, 4) is 0 Å². The number of nitrogens with two attached hydrogens (primary N) is 2. The van der Waals surface area contributed by atoms with Crippen LogP contribution in [-0.4, -0.2) is 125 Å². The molecule has 6 rings (SSSR count). The number of quaternary nitrogens is 1. The summed E-state index contributed by atoms with van der Waals surface area (Å²) in [5, 5.41) is 22.7. The van der Waals surface area contributed by atoms with Crippen LogP contribution in [0.25, 0.3) is 0 Å². The van der Waals surface area contributed by atoms with Crippen molar-refractivity contribution in [3.63, 3.8) is 0 Å². The average molecular weight is 686 g/mol. The van der Waals surface area contributed by atoms with Gasteiger partial charge >= 0.3 is 5.69 Å². The fourth-order valence-electron chi connectivity index (χ4n) is 6.70. The second-order valence-corrected chi connectivity index (χ2v) is 14.6. The maximum absolute atomic E-state index is 12.2. The molecule has 0 spiro atoms. The quantitative estimate of drug-likeness (QED) is 0.157. The number of aromatic nitrogens is 2. The van der Waals surface area contributed by atoms with Crippen LogP contribution in [0.3, 0.4) is 0 Å². The highest BCUT2D eigenvalue weighted by atomic mass is 31.2. The van der Waals surface area contributed by atoms with Gasteiger partial charge < -0.3 is 44.5 Å². The van der Waals surface area contributed by atoms with Gasteiger partial charge in [-0.1, -0.05) is 25.7 Å². The fraction of sp³-hybridized carbons (Fsp3) is 0.833. The summed E-state index contributed by atoms with van der Waals surface area (Å²) in [5.41, 5.74) is 4.63. The van der Waals surface area contributed by atoms with Gasteiger partial charge in [0.2, 0.25) is 7.75 Å². The lowest BCUT2D eigenvalue weighted by molar-refractivity contribution is -0.594. The molecule has 1 aromatic heterocycles. The molecule has 0 bridgehead atoms. The molecule has 47 heavy (non-hydrogen) atoms. The number of guanidine groups is 1. The van der Waals surface area contributed by atoms with Crippen molar-refractivity contribution in [2.75, 3.05) is 64.9 Å². The van der Waals surface area contributed by atoms with Gasteiger partial charge in [0.1, 0.15) is 24.1 Å². The van der Waals surface area contributed by atoms with Crippen molar-refractivity contribution in [2.24, 2.45) is 4.99 Å². The van der Waals surface area contributed by atoms with Crippen LogP contribution in [0.2, 0.25) is 0 Å². The molecule has 0 aromatic carbocycles. The highest BCUT2D eigenvalue weighted by Gasteiger charge is 2.45. The van der Waals surface area contributed by atoms with Crippen LogP contribution in [0.4, 0.5) is 5.82 Å². The zero-order valence-electron chi connectivity index (χ0n) is 27.1. The molecule has 16 nitrogen and oxygen atoms in total. The van der Waals surface area contributed by atoms with Crippen LogP contribution in [0.5, 0.6) is 0 Å². The summed E-state index contributed by atoms with van der Waals surface area (Å²) in [6.07, 6.45) is 9.67. The molecule has 5 fully saturated rings. The van der Waals surface area contributed by atoms with Crippen molar-refractivity contribution >= 4 is 19.5 Å². The van der Waals surface area contributed by atoms with Crippen molar-refractivity contribution in [1.82, 2.24) is 19.1 Å². The summed E-state index contributed by atoms with van der Waals surface area (Å²) in [4.78, 5) is 35.2. The lowest BCUT2D eigenvalue weighted by Crippen LogP contribution is -2.96. The highest BCUT2D eigenvalue weighted by molar-refractivity contribution is 7.48. The van der Waals surface area contributed by atoms with Gasteiger partial charge in [-0.3, -0.25) is 14.4 Å². The van der Waals surface area contributed by atoms with E-state index in [0.29, 0.717) is 6.04 Å². The molecule has 3 aliphatic heterocycles. The van der Waals surface area contributed by atoms with Crippen LogP contribution in [0.1, 0.15) is 70.4 Å². The van der Waals surface area contributed by atoms with Gasteiger partial charge in [-0.25, -0.2) is 14.5 Å². The van der Waals surface area contributed by atoms with Gasteiger partial charge in [0.25, 0.3) is 5.96 Å². The predicted molar refractivity (Wildman–Crippen MR) is 170 cm³/mol. The van der Waals surface area contributed by atoms with Crippen LogP contribution >= 0.6 is 7.75 Å². The number of nitrogens with zero attached hydrogens (tertiary/aromatic N) is 5. The molecule has 266 valence electrons. The van der Waals surface area contributed by atoms with Gasteiger partial charge in [-0.05, 0) is 44.6 Å². The molecule has 5 aliphatic rings. The van der Waals surface area contributed by atoms with Crippen LogP contribution < -0.4 is 21.6 Å². The lowest BCUT2D eigenvalue weighted by Gasteiger charge is -2.37. The smallest absolute Gasteiger partial charge is 0.351 e. The van der Waals surface area contributed by atoms with Gasteiger partial charge in [-0.15, -0.1) is 0 Å². The SMILES string of the molecule is C1CCC(N=C([NH2+]C2CCCCC2)N2CCOCC2)CC1.Nc1ccn([C@@H]2O[C@H](COP(=O)([O-])N3CCOCC3)C(O)C2O)c(=O)n1. The first-order valence-electron chi connectivity index (χ1n) is 17.1. The summed E-state index contributed by atoms with van der Waals surface area (Å²) < 4.78 is 35.3. The molecule has 1 aromatic rings. The number of ether oxygens (including phenoxy) is 3. The summed E-state index contributed by atoms with van der Waals surface area (Å²) in [6.45, 7) is 4.15. The number of morpholine rings is 2. The van der Waals surface area contributed by atoms with Crippen molar-refractivity contribution < 1.29 is 43.7 Å². The molecule has 3 unspecified atom stereocenters. The number of aliphatic imine (C=N–C) groups is 1. The monoisotopic (exact) mass is 685 g/mol. The van der Waals surface area contributed by atoms with Gasteiger partial charge in [0, 0.05) is 32.4 Å². The first kappa shape index (κ1) is 36.3. The minimum atomic E-state index is -4.34. The Morgan fingerprint density at radius 1 is 1.00 bits per heavy atom. The number of aliphatic hydroxyl groups is 2. The molecule has 17 heteroatoms. The number of aliphatic hydroxyl groups excluding tert-OH is 2. The van der Waals surface area contributed by atoms with E-state index < -0.39 is 44.6 Å². The number of nitrogen functional groups attached to an aromatic ring is 1. The van der Waals surface area contributed by atoms with Crippen molar-refractivity contribution in [2.45, 2.75) is 101 Å². The van der Waals surface area contributed by atoms with E-state index in [1.807, 2.05) is 0 Å². The summed E-state index contributed by atoms with van der Waals surface area (Å²) in [7, 11) is -4.34. The standard InChI is InChI=1S/C17H31N3O.C13H21N4O8P/c1-3-7-15(8-4-1)18-17(20-11-13-21-14-12-20)19-16-9-5-2-6-10-16;14-9-1-2-17(13(20)15-9)12-11(19)10(18)8(25-12)7-24-26(21,22)16-3-5-23-6-4-16/h15-16H,1-14H2,(H,18,19);1-2,8,10-12,18-19H,3-7H2,(H,21,22)(H2,14,15,20)/t;8-,10?,11?,12-/m.1/s1. The van der Waals surface area contributed by atoms with E-state index >= 15 is 0 Å². The number of rotatable bonds is 7. The number of hydrogen-bond acceptors (Lipinski definition) is 12. The Balaban J connectivity index is 0.000000189. The summed E-state index contributed by atoms with van der Waals surface area (Å²) in [5.74, 6) is 1.30. The third-order valence-corrected chi connectivity index (χ3v) is 11.0. The second-order valence-electron chi connectivity index (χ2n) is 12.9. The van der Waals surface area contributed by atoms with E-state index in [2.05, 4.69) is 15.2 Å². The highest BCUT2D eigenvalue weighted by Crippen LogP contribution is 2.43. The third kappa shape index (κ3) is 10.3. The Kier molecular flexibility index (Phi) is 13.6.